The first-order valence-corrected chi connectivity index (χ1v) is 7.45. The number of aliphatic hydroxyl groups is 2. The van der Waals surface area contributed by atoms with Crippen molar-refractivity contribution in [1.82, 2.24) is 5.32 Å². The van der Waals surface area contributed by atoms with Crippen molar-refractivity contribution in [3.05, 3.63) is 40.6 Å². The SMILES string of the molecule is Cc1ccc(C)c(C2=C(O)[C@]3(CC[C@H](O)CC3)NC2=O)c1. The molecule has 112 valence electrons. The van der Waals surface area contributed by atoms with E-state index in [1.807, 2.05) is 32.0 Å². The van der Waals surface area contributed by atoms with E-state index < -0.39 is 5.54 Å². The highest BCUT2D eigenvalue weighted by atomic mass is 16.3. The quantitative estimate of drug-likeness (QED) is 0.742. The Hall–Kier alpha value is -1.81. The van der Waals surface area contributed by atoms with Crippen LogP contribution >= 0.6 is 0 Å². The van der Waals surface area contributed by atoms with Crippen LogP contribution in [0, 0.1) is 13.8 Å². The number of amides is 1. The van der Waals surface area contributed by atoms with Crippen molar-refractivity contribution < 1.29 is 15.0 Å². The second kappa shape index (κ2) is 4.88. The zero-order valence-electron chi connectivity index (χ0n) is 12.4. The molecule has 1 fully saturated rings. The van der Waals surface area contributed by atoms with Crippen molar-refractivity contribution in [3.8, 4) is 0 Å². The molecule has 1 saturated carbocycles. The lowest BCUT2D eigenvalue weighted by atomic mass is 9.79. The van der Waals surface area contributed by atoms with Gasteiger partial charge in [-0.15, -0.1) is 0 Å². The fraction of sp³-hybridized carbons (Fsp3) is 0.471. The monoisotopic (exact) mass is 287 g/mol. The zero-order valence-corrected chi connectivity index (χ0v) is 12.4. The lowest BCUT2D eigenvalue weighted by Crippen LogP contribution is -2.48. The lowest BCUT2D eigenvalue weighted by Gasteiger charge is -2.35. The molecule has 0 atom stereocenters. The molecular weight excluding hydrogens is 266 g/mol. The predicted octanol–water partition coefficient (Wildman–Crippen LogP) is 2.38. The molecule has 1 aliphatic heterocycles. The minimum Gasteiger partial charge on any atom is -0.509 e. The van der Waals surface area contributed by atoms with Crippen LogP contribution in [0.5, 0.6) is 0 Å². The van der Waals surface area contributed by atoms with Crippen molar-refractivity contribution in [2.75, 3.05) is 0 Å². The average molecular weight is 287 g/mol. The maximum Gasteiger partial charge on any atom is 0.256 e. The minimum absolute atomic E-state index is 0.146. The van der Waals surface area contributed by atoms with Gasteiger partial charge < -0.3 is 15.5 Å². The highest BCUT2D eigenvalue weighted by Crippen LogP contribution is 2.41. The van der Waals surface area contributed by atoms with Gasteiger partial charge in [0.05, 0.1) is 17.2 Å². The third-order valence-electron chi connectivity index (χ3n) is 4.74. The van der Waals surface area contributed by atoms with E-state index in [2.05, 4.69) is 5.32 Å². The Morgan fingerprint density at radius 2 is 1.90 bits per heavy atom. The second-order valence-electron chi connectivity index (χ2n) is 6.31. The van der Waals surface area contributed by atoms with Gasteiger partial charge in [-0.3, -0.25) is 4.79 Å². The van der Waals surface area contributed by atoms with Gasteiger partial charge in [0.2, 0.25) is 0 Å². The van der Waals surface area contributed by atoms with Crippen LogP contribution in [0.3, 0.4) is 0 Å². The summed E-state index contributed by atoms with van der Waals surface area (Å²) in [6.45, 7) is 3.91. The van der Waals surface area contributed by atoms with E-state index in [1.54, 1.807) is 0 Å². The third-order valence-corrected chi connectivity index (χ3v) is 4.74. The third kappa shape index (κ3) is 2.23. The summed E-state index contributed by atoms with van der Waals surface area (Å²) in [6, 6.07) is 5.90. The van der Waals surface area contributed by atoms with Crippen LogP contribution in [-0.4, -0.2) is 27.8 Å². The molecule has 21 heavy (non-hydrogen) atoms. The molecule has 1 amide bonds. The molecule has 1 spiro atoms. The first-order valence-electron chi connectivity index (χ1n) is 7.45. The molecule has 0 unspecified atom stereocenters. The van der Waals surface area contributed by atoms with E-state index in [9.17, 15) is 15.0 Å². The molecule has 4 nitrogen and oxygen atoms in total. The Morgan fingerprint density at radius 3 is 2.57 bits per heavy atom. The Balaban J connectivity index is 2.06. The molecule has 3 rings (SSSR count). The van der Waals surface area contributed by atoms with Gasteiger partial charge in [0, 0.05) is 0 Å². The van der Waals surface area contributed by atoms with Gasteiger partial charge in [-0.1, -0.05) is 23.8 Å². The van der Waals surface area contributed by atoms with Crippen molar-refractivity contribution in [2.24, 2.45) is 0 Å². The van der Waals surface area contributed by atoms with Crippen LogP contribution < -0.4 is 5.32 Å². The van der Waals surface area contributed by atoms with Crippen LogP contribution in [0.1, 0.15) is 42.4 Å². The molecule has 1 aromatic rings. The van der Waals surface area contributed by atoms with Crippen molar-refractivity contribution in [1.29, 1.82) is 0 Å². The van der Waals surface area contributed by atoms with Crippen LogP contribution in [-0.2, 0) is 4.79 Å². The van der Waals surface area contributed by atoms with Crippen LogP contribution in [0.4, 0.5) is 0 Å². The predicted molar refractivity (Wildman–Crippen MR) is 80.8 cm³/mol. The van der Waals surface area contributed by atoms with Crippen LogP contribution in [0.25, 0.3) is 5.57 Å². The molecule has 0 bridgehead atoms. The Labute approximate surface area is 124 Å². The molecule has 3 N–H and O–H groups in total. The van der Waals surface area contributed by atoms with Gasteiger partial charge in [0.15, 0.2) is 0 Å². The molecule has 0 aromatic heterocycles. The maximum atomic E-state index is 12.4. The highest BCUT2D eigenvalue weighted by Gasteiger charge is 2.47. The fourth-order valence-electron chi connectivity index (χ4n) is 3.40. The van der Waals surface area contributed by atoms with Crippen molar-refractivity contribution in [3.63, 3.8) is 0 Å². The first kappa shape index (κ1) is 14.1. The second-order valence-corrected chi connectivity index (χ2v) is 6.31. The van der Waals surface area contributed by atoms with Gasteiger partial charge in [-0.05, 0) is 50.7 Å². The molecule has 0 saturated heterocycles. The van der Waals surface area contributed by atoms with Gasteiger partial charge in [0.25, 0.3) is 5.91 Å². The molecule has 2 aliphatic rings. The van der Waals surface area contributed by atoms with Crippen LogP contribution in [0.15, 0.2) is 24.0 Å². The molecule has 0 radical (unpaired) electrons. The van der Waals surface area contributed by atoms with E-state index >= 15 is 0 Å². The molecule has 1 aliphatic carbocycles. The summed E-state index contributed by atoms with van der Waals surface area (Å²) in [4.78, 5) is 12.4. The number of carbonyl (C=O) groups is 1. The summed E-state index contributed by atoms with van der Waals surface area (Å²) in [6.07, 6.45) is 2.04. The van der Waals surface area contributed by atoms with Crippen molar-refractivity contribution in [2.45, 2.75) is 51.2 Å². The number of hydrogen-bond acceptors (Lipinski definition) is 3. The fourth-order valence-corrected chi connectivity index (χ4v) is 3.40. The first-order chi connectivity index (χ1) is 9.93. The minimum atomic E-state index is -0.679. The van der Waals surface area contributed by atoms with Gasteiger partial charge >= 0.3 is 0 Å². The van der Waals surface area contributed by atoms with Crippen LogP contribution in [0.2, 0.25) is 0 Å². The number of benzene rings is 1. The van der Waals surface area contributed by atoms with E-state index in [4.69, 9.17) is 0 Å². The standard InChI is InChI=1S/C17H21NO3/c1-10-3-4-11(2)13(9-10)14-15(20)17(18-16(14)21)7-5-12(19)6-8-17/h3-4,9,12,19-20H,5-8H2,1-2H3,(H,18,21)/t12-,17+. The molecule has 1 aromatic carbocycles. The normalized spacial score (nSPS) is 29.1. The number of aliphatic hydroxyl groups excluding tert-OH is 2. The number of rotatable bonds is 1. The van der Waals surface area contributed by atoms with Gasteiger partial charge in [0.1, 0.15) is 5.76 Å². The number of aryl methyl sites for hydroxylation is 2. The lowest BCUT2D eigenvalue weighted by molar-refractivity contribution is -0.116. The molecule has 1 heterocycles. The maximum absolute atomic E-state index is 12.4. The van der Waals surface area contributed by atoms with Crippen molar-refractivity contribution >= 4 is 11.5 Å². The summed E-state index contributed by atoms with van der Waals surface area (Å²) in [7, 11) is 0. The number of hydrogen-bond donors (Lipinski definition) is 3. The summed E-state index contributed by atoms with van der Waals surface area (Å²) < 4.78 is 0. The highest BCUT2D eigenvalue weighted by molar-refractivity contribution is 6.23. The smallest absolute Gasteiger partial charge is 0.256 e. The summed E-state index contributed by atoms with van der Waals surface area (Å²) >= 11 is 0. The topological polar surface area (TPSA) is 69.6 Å². The average Bonchev–Trinajstić information content (AvgIpc) is 2.68. The van der Waals surface area contributed by atoms with Gasteiger partial charge in [-0.25, -0.2) is 0 Å². The van der Waals surface area contributed by atoms with Gasteiger partial charge in [-0.2, -0.15) is 0 Å². The Bertz CT molecular complexity index is 625. The Kier molecular flexibility index (Phi) is 3.29. The number of nitrogens with one attached hydrogen (secondary N) is 1. The Morgan fingerprint density at radius 1 is 1.24 bits per heavy atom. The zero-order chi connectivity index (χ0) is 15.2. The molecule has 4 heteroatoms. The largest absolute Gasteiger partial charge is 0.509 e. The van der Waals surface area contributed by atoms with E-state index in [0.29, 0.717) is 31.3 Å². The summed E-state index contributed by atoms with van der Waals surface area (Å²) in [5, 5.41) is 23.3. The number of carbonyl (C=O) groups excluding carboxylic acids is 1. The summed E-state index contributed by atoms with van der Waals surface area (Å²) in [5.41, 5.74) is 2.55. The van der Waals surface area contributed by atoms with E-state index in [1.165, 1.54) is 0 Å². The van der Waals surface area contributed by atoms with E-state index in [0.717, 1.165) is 16.7 Å². The summed E-state index contributed by atoms with van der Waals surface area (Å²) in [5.74, 6) is -0.0642. The molecular formula is C17H21NO3. The van der Waals surface area contributed by atoms with E-state index in [-0.39, 0.29) is 17.8 Å².